The van der Waals surface area contributed by atoms with E-state index in [0.29, 0.717) is 24.9 Å². The third-order valence-electron chi connectivity index (χ3n) is 4.18. The van der Waals surface area contributed by atoms with E-state index < -0.39 is 15.8 Å². The zero-order valence-corrected chi connectivity index (χ0v) is 13.7. The summed E-state index contributed by atoms with van der Waals surface area (Å²) in [6.45, 7) is 1.03. The molecule has 0 aliphatic heterocycles. The van der Waals surface area contributed by atoms with E-state index in [-0.39, 0.29) is 10.9 Å². The van der Waals surface area contributed by atoms with Gasteiger partial charge in [-0.05, 0) is 61.8 Å². The second-order valence-electron chi connectivity index (χ2n) is 5.96. The van der Waals surface area contributed by atoms with Crippen LogP contribution in [-0.2, 0) is 10.0 Å². The molecule has 23 heavy (non-hydrogen) atoms. The number of benzene rings is 1. The predicted molar refractivity (Wildman–Crippen MR) is 87.7 cm³/mol. The molecule has 0 amide bonds. The van der Waals surface area contributed by atoms with Gasteiger partial charge in [-0.15, -0.1) is 0 Å². The Labute approximate surface area is 136 Å². The van der Waals surface area contributed by atoms with Crippen LogP contribution in [0.25, 0.3) is 0 Å². The summed E-state index contributed by atoms with van der Waals surface area (Å²) in [6, 6.07) is 4.82. The van der Waals surface area contributed by atoms with E-state index in [1.807, 2.05) is 0 Å². The molecule has 1 aromatic carbocycles. The fourth-order valence-corrected chi connectivity index (χ4v) is 3.89. The van der Waals surface area contributed by atoms with Gasteiger partial charge >= 0.3 is 0 Å². The van der Waals surface area contributed by atoms with Crippen LogP contribution in [0.2, 0.25) is 0 Å². The number of aliphatic imine (C=N–C) groups is 1. The average molecular weight is 342 g/mol. The quantitative estimate of drug-likeness (QED) is 0.532. The van der Waals surface area contributed by atoms with Crippen LogP contribution < -0.4 is 16.2 Å². The van der Waals surface area contributed by atoms with Crippen molar-refractivity contribution >= 4 is 16.0 Å². The van der Waals surface area contributed by atoms with Gasteiger partial charge in [-0.25, -0.2) is 17.5 Å². The van der Waals surface area contributed by atoms with Crippen LogP contribution in [-0.4, -0.2) is 27.5 Å². The predicted octanol–water partition coefficient (Wildman–Crippen LogP) is 1.18. The molecule has 0 saturated heterocycles. The Hall–Kier alpha value is -1.67. The van der Waals surface area contributed by atoms with E-state index in [0.717, 1.165) is 37.8 Å². The summed E-state index contributed by atoms with van der Waals surface area (Å²) >= 11 is 0. The molecule has 5 N–H and O–H groups in total. The van der Waals surface area contributed by atoms with Crippen molar-refractivity contribution in [1.29, 1.82) is 0 Å². The molecule has 0 atom stereocenters. The molecule has 0 aromatic heterocycles. The van der Waals surface area contributed by atoms with Crippen LogP contribution in [0.1, 0.15) is 25.7 Å². The number of rotatable bonds is 6. The topological polar surface area (TPSA) is 111 Å². The van der Waals surface area contributed by atoms with Crippen molar-refractivity contribution in [1.82, 2.24) is 4.72 Å². The number of hydrogen-bond acceptors (Lipinski definition) is 3. The Bertz CT molecular complexity index is 634. The molecule has 0 bridgehead atoms. The second kappa shape index (κ2) is 7.74. The fourth-order valence-electron chi connectivity index (χ4n) is 2.78. The van der Waals surface area contributed by atoms with Crippen molar-refractivity contribution in [3.63, 3.8) is 0 Å². The lowest BCUT2D eigenvalue weighted by molar-refractivity contribution is 0.280. The minimum atomic E-state index is -3.58. The Kier molecular flexibility index (Phi) is 5.95. The summed E-state index contributed by atoms with van der Waals surface area (Å²) in [4.78, 5) is 4.12. The largest absolute Gasteiger partial charge is 0.370 e. The summed E-state index contributed by atoms with van der Waals surface area (Å²) in [7, 11) is -3.58. The lowest BCUT2D eigenvalue weighted by Crippen LogP contribution is -2.32. The van der Waals surface area contributed by atoms with Gasteiger partial charge in [-0.3, -0.25) is 4.99 Å². The molecule has 128 valence electrons. The molecular formula is C15H23FN4O2S. The summed E-state index contributed by atoms with van der Waals surface area (Å²) in [6.07, 6.45) is 3.85. The maximum atomic E-state index is 12.9. The first-order chi connectivity index (χ1) is 10.9. The molecule has 0 spiro atoms. The molecule has 0 radical (unpaired) electrons. The fraction of sp³-hybridized carbons (Fsp3) is 0.533. The van der Waals surface area contributed by atoms with Gasteiger partial charge in [0.15, 0.2) is 5.96 Å². The van der Waals surface area contributed by atoms with Gasteiger partial charge in [0.2, 0.25) is 10.0 Å². The zero-order valence-electron chi connectivity index (χ0n) is 12.9. The van der Waals surface area contributed by atoms with Gasteiger partial charge in [-0.1, -0.05) is 0 Å². The van der Waals surface area contributed by atoms with E-state index in [1.165, 1.54) is 12.1 Å². The van der Waals surface area contributed by atoms with E-state index in [4.69, 9.17) is 11.5 Å². The summed E-state index contributed by atoms with van der Waals surface area (Å²) < 4.78 is 39.8. The lowest BCUT2D eigenvalue weighted by Gasteiger charge is -2.27. The first-order valence-electron chi connectivity index (χ1n) is 7.67. The maximum absolute atomic E-state index is 12.9. The van der Waals surface area contributed by atoms with Gasteiger partial charge in [0.25, 0.3) is 0 Å². The van der Waals surface area contributed by atoms with E-state index in [9.17, 15) is 12.8 Å². The SMILES string of the molecule is NC(N)=NCC1CCC(CNS(=O)(=O)c2ccc(F)cc2)CC1. The minimum Gasteiger partial charge on any atom is -0.370 e. The highest BCUT2D eigenvalue weighted by Gasteiger charge is 2.23. The number of nitrogens with one attached hydrogen (secondary N) is 1. The number of sulfonamides is 1. The van der Waals surface area contributed by atoms with Crippen LogP contribution in [0.4, 0.5) is 4.39 Å². The summed E-state index contributed by atoms with van der Waals surface area (Å²) in [5, 5.41) is 0. The molecule has 1 aliphatic carbocycles. The highest BCUT2D eigenvalue weighted by molar-refractivity contribution is 7.89. The Balaban J connectivity index is 1.81. The lowest BCUT2D eigenvalue weighted by atomic mass is 9.82. The molecular weight excluding hydrogens is 319 g/mol. The summed E-state index contributed by atoms with van der Waals surface area (Å²) in [5.41, 5.74) is 10.6. The van der Waals surface area contributed by atoms with Crippen molar-refractivity contribution in [2.24, 2.45) is 28.3 Å². The van der Waals surface area contributed by atoms with Gasteiger partial charge in [-0.2, -0.15) is 0 Å². The minimum absolute atomic E-state index is 0.0837. The molecule has 0 heterocycles. The zero-order chi connectivity index (χ0) is 16.9. The molecule has 1 fully saturated rings. The standard InChI is InChI=1S/C15H23FN4O2S/c16-13-5-7-14(8-6-13)23(21,22)20-10-12-3-1-11(2-4-12)9-19-15(17)18/h5-8,11-12,20H,1-4,9-10H2,(H4,17,18,19). The van der Waals surface area contributed by atoms with E-state index >= 15 is 0 Å². The maximum Gasteiger partial charge on any atom is 0.240 e. The van der Waals surface area contributed by atoms with E-state index in [1.54, 1.807) is 0 Å². The van der Waals surface area contributed by atoms with Gasteiger partial charge in [0, 0.05) is 13.1 Å². The molecule has 0 unspecified atom stereocenters. The monoisotopic (exact) mass is 342 g/mol. The van der Waals surface area contributed by atoms with Crippen molar-refractivity contribution < 1.29 is 12.8 Å². The Morgan fingerprint density at radius 2 is 1.70 bits per heavy atom. The van der Waals surface area contributed by atoms with Gasteiger partial charge in [0.1, 0.15) is 5.82 Å². The molecule has 1 aromatic rings. The van der Waals surface area contributed by atoms with Crippen LogP contribution in [0, 0.1) is 17.7 Å². The highest BCUT2D eigenvalue weighted by Crippen LogP contribution is 2.28. The van der Waals surface area contributed by atoms with Crippen molar-refractivity contribution in [2.45, 2.75) is 30.6 Å². The first kappa shape index (κ1) is 17.7. The number of halogens is 1. The molecule has 8 heteroatoms. The molecule has 1 aliphatic rings. The first-order valence-corrected chi connectivity index (χ1v) is 9.16. The Morgan fingerprint density at radius 1 is 1.13 bits per heavy atom. The number of nitrogens with two attached hydrogens (primary N) is 2. The molecule has 2 rings (SSSR count). The Morgan fingerprint density at radius 3 is 2.26 bits per heavy atom. The van der Waals surface area contributed by atoms with Gasteiger partial charge in [0.05, 0.1) is 4.90 Å². The highest BCUT2D eigenvalue weighted by atomic mass is 32.2. The van der Waals surface area contributed by atoms with Gasteiger partial charge < -0.3 is 11.5 Å². The normalized spacial score (nSPS) is 21.8. The third-order valence-corrected chi connectivity index (χ3v) is 5.62. The average Bonchev–Trinajstić information content (AvgIpc) is 2.52. The van der Waals surface area contributed by atoms with Crippen LogP contribution in [0.15, 0.2) is 34.2 Å². The number of nitrogens with zero attached hydrogens (tertiary/aromatic N) is 1. The number of hydrogen-bond donors (Lipinski definition) is 3. The van der Waals surface area contributed by atoms with Crippen molar-refractivity contribution in [3.8, 4) is 0 Å². The van der Waals surface area contributed by atoms with Crippen LogP contribution in [0.5, 0.6) is 0 Å². The van der Waals surface area contributed by atoms with Crippen molar-refractivity contribution in [3.05, 3.63) is 30.1 Å². The second-order valence-corrected chi connectivity index (χ2v) is 7.73. The molecule has 6 nitrogen and oxygen atoms in total. The van der Waals surface area contributed by atoms with Crippen molar-refractivity contribution in [2.75, 3.05) is 13.1 Å². The van der Waals surface area contributed by atoms with Crippen LogP contribution >= 0.6 is 0 Å². The van der Waals surface area contributed by atoms with Crippen LogP contribution in [0.3, 0.4) is 0 Å². The van der Waals surface area contributed by atoms with E-state index in [2.05, 4.69) is 9.71 Å². The smallest absolute Gasteiger partial charge is 0.240 e. The number of guanidine groups is 1. The summed E-state index contributed by atoms with van der Waals surface area (Å²) in [5.74, 6) is 0.421. The molecule has 1 saturated carbocycles. The third kappa shape index (κ3) is 5.47.